The van der Waals surface area contributed by atoms with Crippen LogP contribution in [0, 0.1) is 6.92 Å². The van der Waals surface area contributed by atoms with Gasteiger partial charge < -0.3 is 9.84 Å². The predicted octanol–water partition coefficient (Wildman–Crippen LogP) is 2.09. The van der Waals surface area contributed by atoms with Crippen LogP contribution in [0.5, 0.6) is 5.75 Å². The molecule has 72 valence electrons. The van der Waals surface area contributed by atoms with E-state index < -0.39 is 5.97 Å². The molecule has 0 spiro atoms. The molecule has 4 heteroatoms. The Morgan fingerprint density at radius 2 is 2.14 bits per heavy atom. The van der Waals surface area contributed by atoms with Crippen molar-refractivity contribution in [1.82, 2.24) is 0 Å². The van der Waals surface area contributed by atoms with Crippen molar-refractivity contribution in [2.75, 3.05) is 6.61 Å². The molecule has 1 N–H and O–H groups in total. The van der Waals surface area contributed by atoms with Crippen molar-refractivity contribution >= 4 is 5.97 Å². The number of carboxylic acids is 1. The molecule has 3 nitrogen and oxygen atoms in total. The molecule has 0 heterocycles. The molecular weight excluding hydrogens is 233 g/mol. The van der Waals surface area contributed by atoms with Gasteiger partial charge in [-0.05, 0) is 26.0 Å². The fraction of sp³-hybridized carbons (Fsp3) is 0.300. The third kappa shape index (κ3) is 3.11. The quantitative estimate of drug-likeness (QED) is 0.830. The van der Waals surface area contributed by atoms with Gasteiger partial charge in [-0.15, -0.1) is 0 Å². The van der Waals surface area contributed by atoms with Crippen molar-refractivity contribution in [3.05, 3.63) is 29.3 Å². The van der Waals surface area contributed by atoms with Crippen LogP contribution in [0.15, 0.2) is 18.2 Å². The summed E-state index contributed by atoms with van der Waals surface area (Å²) in [4.78, 5) is 10.8. The average Bonchev–Trinajstić information content (AvgIpc) is 2.08. The number of carboxylic acid groups (broad SMARTS) is 1. The van der Waals surface area contributed by atoms with E-state index in [9.17, 15) is 4.79 Å². The van der Waals surface area contributed by atoms with E-state index in [1.54, 1.807) is 12.1 Å². The van der Waals surface area contributed by atoms with E-state index in [4.69, 9.17) is 9.84 Å². The molecule has 0 amide bonds. The van der Waals surface area contributed by atoms with Crippen LogP contribution in [-0.2, 0) is 19.5 Å². The molecule has 1 aromatic carbocycles. The van der Waals surface area contributed by atoms with Gasteiger partial charge in [0, 0.05) is 19.5 Å². The molecule has 0 aliphatic heterocycles. The van der Waals surface area contributed by atoms with Gasteiger partial charge in [-0.1, -0.05) is 11.6 Å². The maximum absolute atomic E-state index is 10.8. The van der Waals surface area contributed by atoms with Crippen molar-refractivity contribution in [3.63, 3.8) is 0 Å². The van der Waals surface area contributed by atoms with E-state index in [1.165, 1.54) is 0 Å². The predicted molar refractivity (Wildman–Crippen MR) is 49.3 cm³/mol. The summed E-state index contributed by atoms with van der Waals surface area (Å²) < 4.78 is 5.17. The van der Waals surface area contributed by atoms with Crippen molar-refractivity contribution < 1.29 is 34.1 Å². The van der Waals surface area contributed by atoms with E-state index >= 15 is 0 Å². The van der Waals surface area contributed by atoms with Crippen LogP contribution in [0.2, 0.25) is 0 Å². The molecule has 0 fully saturated rings. The van der Waals surface area contributed by atoms with E-state index in [-0.39, 0.29) is 25.0 Å². The smallest absolute Gasteiger partial charge is 0.339 e. The van der Waals surface area contributed by atoms with E-state index in [2.05, 4.69) is 0 Å². The van der Waals surface area contributed by atoms with Crippen molar-refractivity contribution in [2.24, 2.45) is 0 Å². The Kier molecular flexibility index (Phi) is 5.40. The van der Waals surface area contributed by atoms with Crippen molar-refractivity contribution in [1.29, 1.82) is 0 Å². The SMILES string of the molecule is CCOc1ccc(C)cc1C(=O)O.[Zn]. The summed E-state index contributed by atoms with van der Waals surface area (Å²) in [5.41, 5.74) is 1.14. The summed E-state index contributed by atoms with van der Waals surface area (Å²) in [6.07, 6.45) is 0. The summed E-state index contributed by atoms with van der Waals surface area (Å²) in [6.45, 7) is 4.15. The molecule has 0 unspecified atom stereocenters. The number of ether oxygens (including phenoxy) is 1. The first kappa shape index (κ1) is 13.1. The minimum Gasteiger partial charge on any atom is -0.493 e. The Balaban J connectivity index is 0.00000169. The van der Waals surface area contributed by atoms with Crippen LogP contribution in [0.3, 0.4) is 0 Å². The van der Waals surface area contributed by atoms with Gasteiger partial charge in [0.1, 0.15) is 11.3 Å². The maximum atomic E-state index is 10.8. The Bertz CT molecular complexity index is 323. The summed E-state index contributed by atoms with van der Waals surface area (Å²) in [6, 6.07) is 5.12. The van der Waals surface area contributed by atoms with E-state index in [1.807, 2.05) is 19.9 Å². The number of hydrogen-bond acceptors (Lipinski definition) is 2. The van der Waals surface area contributed by atoms with Crippen LogP contribution in [0.1, 0.15) is 22.8 Å². The first-order chi connectivity index (χ1) is 6.15. The second kappa shape index (κ2) is 5.76. The molecule has 0 aromatic heterocycles. The van der Waals surface area contributed by atoms with E-state index in [0.29, 0.717) is 12.4 Å². The molecular formula is C10H12O3Zn. The normalized spacial score (nSPS) is 9.00. The zero-order valence-electron chi connectivity index (χ0n) is 8.41. The van der Waals surface area contributed by atoms with Crippen LogP contribution < -0.4 is 4.74 Å². The summed E-state index contributed by atoms with van der Waals surface area (Å²) >= 11 is 0. The Labute approximate surface area is 95.8 Å². The summed E-state index contributed by atoms with van der Waals surface area (Å²) in [5, 5.41) is 8.84. The molecule has 0 saturated carbocycles. The number of rotatable bonds is 3. The van der Waals surface area contributed by atoms with Crippen LogP contribution in [0.4, 0.5) is 0 Å². The number of benzene rings is 1. The second-order valence-electron chi connectivity index (χ2n) is 2.74. The molecule has 1 aromatic rings. The first-order valence-electron chi connectivity index (χ1n) is 4.12. The molecule has 1 rings (SSSR count). The maximum Gasteiger partial charge on any atom is 0.339 e. The second-order valence-corrected chi connectivity index (χ2v) is 2.74. The zero-order valence-corrected chi connectivity index (χ0v) is 11.4. The van der Waals surface area contributed by atoms with Gasteiger partial charge in [-0.25, -0.2) is 4.79 Å². The molecule has 0 aliphatic carbocycles. The number of aromatic carboxylic acids is 1. The van der Waals surface area contributed by atoms with Gasteiger partial charge in [0.2, 0.25) is 0 Å². The van der Waals surface area contributed by atoms with Gasteiger partial charge in [-0.3, -0.25) is 0 Å². The van der Waals surface area contributed by atoms with Crippen molar-refractivity contribution in [2.45, 2.75) is 13.8 Å². The fourth-order valence-electron chi connectivity index (χ4n) is 1.09. The van der Waals surface area contributed by atoms with Gasteiger partial charge in [0.05, 0.1) is 6.61 Å². The van der Waals surface area contributed by atoms with Gasteiger partial charge in [0.25, 0.3) is 0 Å². The largest absolute Gasteiger partial charge is 0.493 e. The standard InChI is InChI=1S/C10H12O3.Zn/c1-3-13-9-5-4-7(2)6-8(9)10(11)12;/h4-6H,3H2,1-2H3,(H,11,12);. The van der Waals surface area contributed by atoms with Gasteiger partial charge >= 0.3 is 5.97 Å². The first-order valence-corrected chi connectivity index (χ1v) is 4.12. The van der Waals surface area contributed by atoms with Gasteiger partial charge in [0.15, 0.2) is 0 Å². The van der Waals surface area contributed by atoms with Crippen LogP contribution >= 0.6 is 0 Å². The molecule has 0 aliphatic rings. The number of aryl methyl sites for hydroxylation is 1. The fourth-order valence-corrected chi connectivity index (χ4v) is 1.09. The van der Waals surface area contributed by atoms with Crippen LogP contribution in [-0.4, -0.2) is 17.7 Å². The topological polar surface area (TPSA) is 46.5 Å². The Morgan fingerprint density at radius 1 is 1.50 bits per heavy atom. The van der Waals surface area contributed by atoms with Gasteiger partial charge in [-0.2, -0.15) is 0 Å². The molecule has 0 bridgehead atoms. The summed E-state index contributed by atoms with van der Waals surface area (Å²) in [5.74, 6) is -0.521. The zero-order chi connectivity index (χ0) is 9.84. The Morgan fingerprint density at radius 3 is 2.64 bits per heavy atom. The molecule has 14 heavy (non-hydrogen) atoms. The monoisotopic (exact) mass is 244 g/mol. The molecule has 0 saturated heterocycles. The van der Waals surface area contributed by atoms with Crippen LogP contribution in [0.25, 0.3) is 0 Å². The number of carbonyl (C=O) groups is 1. The van der Waals surface area contributed by atoms with E-state index in [0.717, 1.165) is 5.56 Å². The number of hydrogen-bond donors (Lipinski definition) is 1. The average molecular weight is 246 g/mol. The third-order valence-corrected chi connectivity index (χ3v) is 1.67. The minimum atomic E-state index is -0.952. The molecule has 0 radical (unpaired) electrons. The minimum absolute atomic E-state index is 0. The van der Waals surface area contributed by atoms with Crippen molar-refractivity contribution in [3.8, 4) is 5.75 Å². The Hall–Kier alpha value is -0.887. The summed E-state index contributed by atoms with van der Waals surface area (Å²) in [7, 11) is 0. The molecule has 0 atom stereocenters. The third-order valence-electron chi connectivity index (χ3n) is 1.67.